The summed E-state index contributed by atoms with van der Waals surface area (Å²) in [7, 11) is 3.10. The number of benzene rings is 1. The number of hydrogen-bond acceptors (Lipinski definition) is 8. The molecule has 2 saturated carbocycles. The fraction of sp³-hybridized carbons (Fsp3) is 0.610. The Kier molecular flexibility index (Phi) is 13.5. The van der Waals surface area contributed by atoms with Gasteiger partial charge < -0.3 is 23.9 Å². The molecule has 0 spiro atoms. The van der Waals surface area contributed by atoms with Gasteiger partial charge in [0, 0.05) is 50.3 Å². The topological polar surface area (TPSA) is 116 Å². The van der Waals surface area contributed by atoms with E-state index in [-0.39, 0.29) is 30.8 Å². The SMILES string of the molecule is COC(=O)NC1CCOCC1.COc1ccc(C2CCC(CN(C(=O)C3CCCCC3)c3cc(-c4coc(C(C)(C)C)n4)ccn3)CC2)cc1C.[HH]. The number of carbonyl (C=O) groups excluding carboxylic acids is 2. The van der Waals surface area contributed by atoms with Crippen LogP contribution in [0.3, 0.4) is 0 Å². The molecule has 2 amide bonds. The number of nitrogens with zero attached hydrogens (tertiary/aromatic N) is 3. The molecule has 0 bridgehead atoms. The zero-order valence-corrected chi connectivity index (χ0v) is 31.5. The first-order chi connectivity index (χ1) is 24.5. The van der Waals surface area contributed by atoms with Gasteiger partial charge in [-0.25, -0.2) is 14.8 Å². The minimum atomic E-state index is -0.350. The number of rotatable bonds is 8. The van der Waals surface area contributed by atoms with E-state index >= 15 is 0 Å². The van der Waals surface area contributed by atoms with E-state index in [0.717, 1.165) is 107 Å². The van der Waals surface area contributed by atoms with E-state index in [1.807, 2.05) is 17.0 Å². The lowest BCUT2D eigenvalue weighted by Gasteiger charge is -2.35. The summed E-state index contributed by atoms with van der Waals surface area (Å²) < 4.78 is 20.8. The summed E-state index contributed by atoms with van der Waals surface area (Å²) in [5.74, 6) is 3.76. The van der Waals surface area contributed by atoms with E-state index in [0.29, 0.717) is 17.7 Å². The third-order valence-electron chi connectivity index (χ3n) is 10.6. The van der Waals surface area contributed by atoms with Crippen LogP contribution in [0.4, 0.5) is 10.6 Å². The Morgan fingerprint density at radius 3 is 2.31 bits per heavy atom. The van der Waals surface area contributed by atoms with Crippen molar-refractivity contribution in [1.29, 1.82) is 0 Å². The molecule has 1 saturated heterocycles. The molecule has 1 aromatic carbocycles. The van der Waals surface area contributed by atoms with Gasteiger partial charge in [0.2, 0.25) is 5.91 Å². The van der Waals surface area contributed by atoms with E-state index in [1.165, 1.54) is 24.7 Å². The Balaban J connectivity index is 0.000000433. The largest absolute Gasteiger partial charge is 0.496 e. The van der Waals surface area contributed by atoms with Crippen LogP contribution >= 0.6 is 0 Å². The number of methoxy groups -OCH3 is 2. The lowest BCUT2D eigenvalue weighted by Crippen LogP contribution is -2.41. The molecule has 10 heteroatoms. The van der Waals surface area contributed by atoms with E-state index < -0.39 is 0 Å². The Morgan fingerprint density at radius 2 is 1.69 bits per heavy atom. The van der Waals surface area contributed by atoms with Crippen LogP contribution < -0.4 is 15.0 Å². The molecule has 3 aliphatic rings. The standard InChI is InChI=1S/C34H45N3O3.C7H13NO3.H2/c1-23-19-27(15-16-30(23)39-5)25-13-11-24(12-14-25)21-37(32(38)26-9-7-6-8-10-26)31-20-28(17-18-35-31)29-22-40-33(36-29)34(2,3)4;1-10-7(9)8-6-2-4-11-5-3-6;/h15-20,22,24-26H,6-14,21H2,1-5H3;6H,2-5H2,1H3,(H,8,9);1H. The van der Waals surface area contributed by atoms with Crippen molar-refractivity contribution in [3.8, 4) is 17.0 Å². The first kappa shape index (κ1) is 38.3. The molecule has 0 radical (unpaired) electrons. The predicted octanol–water partition coefficient (Wildman–Crippen LogP) is 9.01. The van der Waals surface area contributed by atoms with Crippen molar-refractivity contribution in [2.45, 2.75) is 116 Å². The normalized spacial score (nSPS) is 20.1. The summed E-state index contributed by atoms with van der Waals surface area (Å²) in [4.78, 5) is 36.2. The number of aryl methyl sites for hydroxylation is 1. The number of alkyl carbamates (subject to hydrolysis) is 1. The fourth-order valence-corrected chi connectivity index (χ4v) is 7.50. The fourth-order valence-electron chi connectivity index (χ4n) is 7.50. The molecule has 2 aliphatic carbocycles. The van der Waals surface area contributed by atoms with Crippen LogP contribution in [-0.2, 0) is 19.7 Å². The van der Waals surface area contributed by atoms with E-state index in [1.54, 1.807) is 19.6 Å². The van der Waals surface area contributed by atoms with Gasteiger partial charge in [-0.3, -0.25) is 9.69 Å². The van der Waals surface area contributed by atoms with E-state index in [2.05, 4.69) is 55.9 Å². The molecule has 2 aromatic heterocycles. The first-order valence-corrected chi connectivity index (χ1v) is 18.9. The molecular weight excluding hydrogens is 644 g/mol. The van der Waals surface area contributed by atoms with Crippen LogP contribution in [0.15, 0.2) is 47.2 Å². The quantitative estimate of drug-likeness (QED) is 0.247. The van der Waals surface area contributed by atoms with Gasteiger partial charge in [0.05, 0.1) is 14.2 Å². The van der Waals surface area contributed by atoms with Crippen LogP contribution in [0.2, 0.25) is 0 Å². The molecule has 0 unspecified atom stereocenters. The summed E-state index contributed by atoms with van der Waals surface area (Å²) in [6.45, 7) is 10.6. The molecule has 51 heavy (non-hydrogen) atoms. The molecule has 3 aromatic rings. The van der Waals surface area contributed by atoms with Gasteiger partial charge in [-0.05, 0) is 99.5 Å². The number of oxazole rings is 1. The van der Waals surface area contributed by atoms with Crippen molar-refractivity contribution < 1.29 is 29.6 Å². The Bertz CT molecular complexity index is 1570. The van der Waals surface area contributed by atoms with Crippen LogP contribution in [0.1, 0.15) is 116 Å². The number of ether oxygens (including phenoxy) is 3. The Hall–Kier alpha value is -3.92. The lowest BCUT2D eigenvalue weighted by molar-refractivity contribution is -0.123. The molecule has 6 rings (SSSR count). The lowest BCUT2D eigenvalue weighted by atomic mass is 9.78. The van der Waals surface area contributed by atoms with Crippen LogP contribution in [0, 0.1) is 18.8 Å². The predicted molar refractivity (Wildman–Crippen MR) is 201 cm³/mol. The first-order valence-electron chi connectivity index (χ1n) is 18.9. The van der Waals surface area contributed by atoms with Crippen LogP contribution in [-0.4, -0.2) is 62.0 Å². The third kappa shape index (κ3) is 10.6. The van der Waals surface area contributed by atoms with Gasteiger partial charge in [-0.15, -0.1) is 0 Å². The Morgan fingerprint density at radius 1 is 0.961 bits per heavy atom. The smallest absolute Gasteiger partial charge is 0.407 e. The van der Waals surface area contributed by atoms with Crippen molar-refractivity contribution in [3.63, 3.8) is 0 Å². The zero-order chi connectivity index (χ0) is 36.4. The number of anilines is 1. The molecule has 1 N–H and O–H groups in total. The maximum atomic E-state index is 14.0. The van der Waals surface area contributed by atoms with Gasteiger partial charge in [-0.2, -0.15) is 0 Å². The molecule has 280 valence electrons. The summed E-state index contributed by atoms with van der Waals surface area (Å²) >= 11 is 0. The monoisotopic (exact) mass is 704 g/mol. The second-order valence-electron chi connectivity index (χ2n) is 15.4. The number of nitrogens with one attached hydrogen (secondary N) is 1. The minimum absolute atomic E-state index is 0. The molecule has 1 aliphatic heterocycles. The van der Waals surface area contributed by atoms with Crippen molar-refractivity contribution >= 4 is 17.8 Å². The van der Waals surface area contributed by atoms with E-state index in [9.17, 15) is 9.59 Å². The molecule has 3 heterocycles. The molecular formula is C41H60N4O6. The van der Waals surface area contributed by atoms with Gasteiger partial charge in [-0.1, -0.05) is 52.2 Å². The summed E-state index contributed by atoms with van der Waals surface area (Å²) in [6, 6.07) is 10.8. The number of amides is 2. The highest BCUT2D eigenvalue weighted by Crippen LogP contribution is 2.39. The molecule has 10 nitrogen and oxygen atoms in total. The second-order valence-corrected chi connectivity index (χ2v) is 15.4. The maximum Gasteiger partial charge on any atom is 0.407 e. The van der Waals surface area contributed by atoms with Crippen LogP contribution in [0.5, 0.6) is 5.75 Å². The molecule has 0 atom stereocenters. The summed E-state index contributed by atoms with van der Waals surface area (Å²) in [6.07, 6.45) is 14.9. The average molecular weight is 705 g/mol. The van der Waals surface area contributed by atoms with Crippen molar-refractivity contribution in [2.75, 3.05) is 38.9 Å². The Labute approximate surface area is 305 Å². The zero-order valence-electron chi connectivity index (χ0n) is 31.5. The number of hydrogen-bond donors (Lipinski definition) is 1. The third-order valence-corrected chi connectivity index (χ3v) is 10.6. The van der Waals surface area contributed by atoms with Crippen molar-refractivity contribution in [3.05, 3.63) is 59.8 Å². The van der Waals surface area contributed by atoms with Gasteiger partial charge in [0.15, 0.2) is 5.89 Å². The minimum Gasteiger partial charge on any atom is -0.496 e. The number of pyridine rings is 1. The van der Waals surface area contributed by atoms with Gasteiger partial charge in [0.1, 0.15) is 23.5 Å². The highest BCUT2D eigenvalue weighted by molar-refractivity contribution is 5.94. The summed E-state index contributed by atoms with van der Waals surface area (Å²) in [5, 5.41) is 2.73. The van der Waals surface area contributed by atoms with E-state index in [4.69, 9.17) is 23.9 Å². The highest BCUT2D eigenvalue weighted by Gasteiger charge is 2.32. The average Bonchev–Trinajstić information content (AvgIpc) is 3.67. The second kappa shape index (κ2) is 18.0. The summed E-state index contributed by atoms with van der Waals surface area (Å²) in [5.41, 5.74) is 4.15. The van der Waals surface area contributed by atoms with Gasteiger partial charge >= 0.3 is 6.09 Å². The maximum absolute atomic E-state index is 14.0. The van der Waals surface area contributed by atoms with Gasteiger partial charge in [0.25, 0.3) is 0 Å². The molecule has 3 fully saturated rings. The highest BCUT2D eigenvalue weighted by atomic mass is 16.5. The number of carbonyl (C=O) groups is 2. The number of aromatic nitrogens is 2. The van der Waals surface area contributed by atoms with Crippen LogP contribution in [0.25, 0.3) is 11.3 Å². The van der Waals surface area contributed by atoms with Crippen molar-refractivity contribution in [1.82, 2.24) is 15.3 Å². The van der Waals surface area contributed by atoms with Crippen molar-refractivity contribution in [2.24, 2.45) is 11.8 Å².